The van der Waals surface area contributed by atoms with Crippen molar-refractivity contribution in [3.8, 4) is 0 Å². The lowest BCUT2D eigenvalue weighted by molar-refractivity contribution is -0.131. The summed E-state index contributed by atoms with van der Waals surface area (Å²) in [4.78, 5) is 21.2. The minimum Gasteiger partial charge on any atom is -0.357 e. The molecule has 0 atom stereocenters. The van der Waals surface area contributed by atoms with Gasteiger partial charge in [0.25, 0.3) is 0 Å². The third kappa shape index (κ3) is 3.55. The van der Waals surface area contributed by atoms with Crippen molar-refractivity contribution in [1.29, 1.82) is 0 Å². The van der Waals surface area contributed by atoms with E-state index in [4.69, 9.17) is 0 Å². The summed E-state index contributed by atoms with van der Waals surface area (Å²) in [6.07, 6.45) is 5.33. The fourth-order valence-corrected chi connectivity index (χ4v) is 3.41. The van der Waals surface area contributed by atoms with Gasteiger partial charge in [-0.25, -0.2) is 4.98 Å². The Hall–Kier alpha value is -1.58. The molecule has 2 aliphatic rings. The van der Waals surface area contributed by atoms with E-state index in [1.165, 1.54) is 12.8 Å². The van der Waals surface area contributed by atoms with Gasteiger partial charge in [0.1, 0.15) is 5.82 Å². The van der Waals surface area contributed by atoms with Crippen LogP contribution in [-0.2, 0) is 4.79 Å². The summed E-state index contributed by atoms with van der Waals surface area (Å²) in [5, 5.41) is 0. The zero-order valence-corrected chi connectivity index (χ0v) is 12.9. The molecule has 0 unspecified atom stereocenters. The maximum atomic E-state index is 12.2. The summed E-state index contributed by atoms with van der Waals surface area (Å²) in [7, 11) is 0. The summed E-state index contributed by atoms with van der Waals surface area (Å²) in [5.41, 5.74) is 1.07. The molecule has 0 spiro atoms. The molecule has 3 rings (SSSR count). The van der Waals surface area contributed by atoms with E-state index < -0.39 is 0 Å². The molecule has 0 N–H and O–H groups in total. The second-order valence-corrected chi connectivity index (χ2v) is 6.36. The SMILES string of the molecule is Cc1cccc(N2CCC(CC(=O)N3CCCC3)CC2)n1. The standard InChI is InChI=1S/C17H25N3O/c1-14-5-4-6-16(18-14)19-11-7-15(8-12-19)13-17(21)20-9-2-3-10-20/h4-6,15H,2-3,7-13H2,1H3. The van der Waals surface area contributed by atoms with Crippen molar-refractivity contribution in [2.45, 2.75) is 39.0 Å². The van der Waals surface area contributed by atoms with Crippen LogP contribution in [0.3, 0.4) is 0 Å². The zero-order chi connectivity index (χ0) is 14.7. The minimum absolute atomic E-state index is 0.375. The average molecular weight is 287 g/mol. The maximum absolute atomic E-state index is 12.2. The van der Waals surface area contributed by atoms with Gasteiger partial charge >= 0.3 is 0 Å². The van der Waals surface area contributed by atoms with Crippen molar-refractivity contribution in [2.24, 2.45) is 5.92 Å². The van der Waals surface area contributed by atoms with Gasteiger partial charge in [-0.05, 0) is 50.7 Å². The first kappa shape index (κ1) is 14.4. The smallest absolute Gasteiger partial charge is 0.222 e. The summed E-state index contributed by atoms with van der Waals surface area (Å²) in [5.74, 6) is 2.01. The number of hydrogen-bond donors (Lipinski definition) is 0. The van der Waals surface area contributed by atoms with E-state index >= 15 is 0 Å². The molecule has 0 bridgehead atoms. The number of likely N-dealkylation sites (tertiary alicyclic amines) is 1. The Balaban J connectivity index is 1.49. The molecule has 1 amide bonds. The lowest BCUT2D eigenvalue weighted by Crippen LogP contribution is -2.37. The Morgan fingerprint density at radius 2 is 1.90 bits per heavy atom. The number of carbonyl (C=O) groups excluding carboxylic acids is 1. The minimum atomic E-state index is 0.375. The van der Waals surface area contributed by atoms with Crippen LogP contribution >= 0.6 is 0 Å². The monoisotopic (exact) mass is 287 g/mol. The number of nitrogens with zero attached hydrogens (tertiary/aromatic N) is 3. The van der Waals surface area contributed by atoms with E-state index in [2.05, 4.69) is 26.9 Å². The number of hydrogen-bond acceptors (Lipinski definition) is 3. The summed E-state index contributed by atoms with van der Waals surface area (Å²) < 4.78 is 0. The number of rotatable bonds is 3. The van der Waals surface area contributed by atoms with Crippen LogP contribution in [0.25, 0.3) is 0 Å². The molecule has 4 heteroatoms. The molecule has 2 fully saturated rings. The fourth-order valence-electron chi connectivity index (χ4n) is 3.41. The van der Waals surface area contributed by atoms with E-state index in [1.807, 2.05) is 13.0 Å². The molecule has 0 aliphatic carbocycles. The highest BCUT2D eigenvalue weighted by Crippen LogP contribution is 2.25. The third-order valence-electron chi connectivity index (χ3n) is 4.73. The first-order valence-electron chi connectivity index (χ1n) is 8.19. The Morgan fingerprint density at radius 3 is 2.57 bits per heavy atom. The number of aryl methyl sites for hydroxylation is 1. The average Bonchev–Trinajstić information content (AvgIpc) is 3.02. The van der Waals surface area contributed by atoms with Crippen molar-refractivity contribution in [1.82, 2.24) is 9.88 Å². The topological polar surface area (TPSA) is 36.4 Å². The van der Waals surface area contributed by atoms with Crippen LogP contribution in [0.2, 0.25) is 0 Å². The largest absolute Gasteiger partial charge is 0.357 e. The van der Waals surface area contributed by atoms with E-state index in [9.17, 15) is 4.79 Å². The molecule has 1 aromatic heterocycles. The Morgan fingerprint density at radius 1 is 1.19 bits per heavy atom. The number of piperidine rings is 1. The summed E-state index contributed by atoms with van der Waals surface area (Å²) >= 11 is 0. The van der Waals surface area contributed by atoms with E-state index in [0.717, 1.165) is 57.0 Å². The zero-order valence-electron chi connectivity index (χ0n) is 12.9. The lowest BCUT2D eigenvalue weighted by Gasteiger charge is -2.33. The second kappa shape index (κ2) is 6.46. The van der Waals surface area contributed by atoms with Crippen LogP contribution in [0, 0.1) is 12.8 Å². The molecular formula is C17H25N3O. The van der Waals surface area contributed by atoms with Gasteiger partial charge in [0.05, 0.1) is 0 Å². The first-order chi connectivity index (χ1) is 10.2. The second-order valence-electron chi connectivity index (χ2n) is 6.36. The van der Waals surface area contributed by atoms with Gasteiger partial charge in [0.15, 0.2) is 0 Å². The molecule has 2 aliphatic heterocycles. The summed E-state index contributed by atoms with van der Waals surface area (Å²) in [6, 6.07) is 6.19. The van der Waals surface area contributed by atoms with Crippen LogP contribution in [-0.4, -0.2) is 42.0 Å². The van der Waals surface area contributed by atoms with Gasteiger partial charge in [-0.3, -0.25) is 4.79 Å². The van der Waals surface area contributed by atoms with Gasteiger partial charge in [-0.1, -0.05) is 6.07 Å². The molecule has 4 nitrogen and oxygen atoms in total. The molecule has 114 valence electrons. The van der Waals surface area contributed by atoms with Crippen molar-refractivity contribution in [2.75, 3.05) is 31.1 Å². The molecule has 3 heterocycles. The Kier molecular flexibility index (Phi) is 4.42. The number of pyridine rings is 1. The van der Waals surface area contributed by atoms with Crippen LogP contribution in [0.15, 0.2) is 18.2 Å². The highest BCUT2D eigenvalue weighted by atomic mass is 16.2. The molecular weight excluding hydrogens is 262 g/mol. The molecule has 1 aromatic rings. The van der Waals surface area contributed by atoms with Gasteiger partial charge in [-0.2, -0.15) is 0 Å². The van der Waals surface area contributed by atoms with Crippen molar-refractivity contribution < 1.29 is 4.79 Å². The molecule has 21 heavy (non-hydrogen) atoms. The predicted octanol–water partition coefficient (Wildman–Crippen LogP) is 2.62. The van der Waals surface area contributed by atoms with E-state index in [0.29, 0.717) is 11.8 Å². The van der Waals surface area contributed by atoms with Gasteiger partial charge < -0.3 is 9.80 Å². The highest BCUT2D eigenvalue weighted by molar-refractivity contribution is 5.76. The van der Waals surface area contributed by atoms with Crippen LogP contribution in [0.5, 0.6) is 0 Å². The van der Waals surface area contributed by atoms with Crippen molar-refractivity contribution >= 4 is 11.7 Å². The quantitative estimate of drug-likeness (QED) is 0.857. The normalized spacial score (nSPS) is 20.0. The van der Waals surface area contributed by atoms with Gasteiger partial charge in [-0.15, -0.1) is 0 Å². The van der Waals surface area contributed by atoms with Crippen molar-refractivity contribution in [3.05, 3.63) is 23.9 Å². The fraction of sp³-hybridized carbons (Fsp3) is 0.647. The predicted molar refractivity (Wildman–Crippen MR) is 84.3 cm³/mol. The number of amides is 1. The van der Waals surface area contributed by atoms with Gasteiger partial charge in [0, 0.05) is 38.3 Å². The highest BCUT2D eigenvalue weighted by Gasteiger charge is 2.25. The summed E-state index contributed by atoms with van der Waals surface area (Å²) in [6.45, 7) is 6.03. The third-order valence-corrected chi connectivity index (χ3v) is 4.73. The van der Waals surface area contributed by atoms with Crippen LogP contribution in [0.1, 0.15) is 37.8 Å². The number of anilines is 1. The first-order valence-corrected chi connectivity index (χ1v) is 8.19. The van der Waals surface area contributed by atoms with Crippen LogP contribution < -0.4 is 4.90 Å². The van der Waals surface area contributed by atoms with Crippen LogP contribution in [0.4, 0.5) is 5.82 Å². The molecule has 2 saturated heterocycles. The molecule has 0 aromatic carbocycles. The lowest BCUT2D eigenvalue weighted by atomic mass is 9.93. The van der Waals surface area contributed by atoms with E-state index in [-0.39, 0.29) is 0 Å². The number of carbonyl (C=O) groups is 1. The molecule has 0 radical (unpaired) electrons. The number of aromatic nitrogens is 1. The van der Waals surface area contributed by atoms with Gasteiger partial charge in [0.2, 0.25) is 5.91 Å². The maximum Gasteiger partial charge on any atom is 0.222 e. The Bertz CT molecular complexity index is 489. The van der Waals surface area contributed by atoms with E-state index in [1.54, 1.807) is 0 Å². The Labute approximate surface area is 127 Å². The molecule has 0 saturated carbocycles. The van der Waals surface area contributed by atoms with Crippen molar-refractivity contribution in [3.63, 3.8) is 0 Å².